The first kappa shape index (κ1) is 16.9. The van der Waals surface area contributed by atoms with E-state index in [4.69, 9.17) is 39.9 Å². The minimum Gasteiger partial charge on any atom is -0.478 e. The van der Waals surface area contributed by atoms with Crippen LogP contribution in [-0.2, 0) is 10.0 Å². The fourth-order valence-corrected chi connectivity index (χ4v) is 3.65. The highest BCUT2D eigenvalue weighted by Gasteiger charge is 2.19. The number of carboxylic acids is 1. The number of nitrogens with one attached hydrogen (secondary N) is 1. The second-order valence-electron chi connectivity index (χ2n) is 4.21. The van der Waals surface area contributed by atoms with Crippen molar-refractivity contribution in [3.63, 3.8) is 0 Å². The number of halogens is 3. The van der Waals surface area contributed by atoms with Gasteiger partial charge in [0.1, 0.15) is 0 Å². The summed E-state index contributed by atoms with van der Waals surface area (Å²) < 4.78 is 26.8. The Hall–Kier alpha value is -1.47. The predicted molar refractivity (Wildman–Crippen MR) is 85.7 cm³/mol. The molecule has 0 aromatic heterocycles. The first-order valence-electron chi connectivity index (χ1n) is 5.71. The zero-order valence-corrected chi connectivity index (χ0v) is 13.8. The van der Waals surface area contributed by atoms with Crippen molar-refractivity contribution in [2.24, 2.45) is 0 Å². The normalized spacial score (nSPS) is 11.2. The lowest BCUT2D eigenvalue weighted by Gasteiger charge is -2.11. The third kappa shape index (κ3) is 3.84. The van der Waals surface area contributed by atoms with Crippen molar-refractivity contribution in [1.82, 2.24) is 0 Å². The minimum atomic E-state index is -4.05. The molecule has 0 aliphatic heterocycles. The summed E-state index contributed by atoms with van der Waals surface area (Å²) in [6.07, 6.45) is 0. The number of benzene rings is 2. The van der Waals surface area contributed by atoms with Crippen LogP contribution in [0.15, 0.2) is 41.3 Å². The van der Waals surface area contributed by atoms with Gasteiger partial charge in [-0.3, -0.25) is 4.72 Å². The number of rotatable bonds is 4. The third-order valence-electron chi connectivity index (χ3n) is 2.60. The van der Waals surface area contributed by atoms with Crippen molar-refractivity contribution < 1.29 is 18.3 Å². The van der Waals surface area contributed by atoms with Gasteiger partial charge in [-0.1, -0.05) is 34.8 Å². The van der Waals surface area contributed by atoms with Crippen molar-refractivity contribution in [1.29, 1.82) is 0 Å². The Labute approximate surface area is 141 Å². The highest BCUT2D eigenvalue weighted by molar-refractivity contribution is 7.92. The molecule has 0 bridgehead atoms. The Bertz CT molecular complexity index is 832. The van der Waals surface area contributed by atoms with Gasteiger partial charge in [0.05, 0.1) is 16.1 Å². The lowest BCUT2D eigenvalue weighted by atomic mass is 10.2. The molecule has 9 heteroatoms. The summed E-state index contributed by atoms with van der Waals surface area (Å²) in [7, 11) is -4.05. The molecule has 116 valence electrons. The summed E-state index contributed by atoms with van der Waals surface area (Å²) >= 11 is 17.3. The lowest BCUT2D eigenvalue weighted by molar-refractivity contribution is 0.0698. The van der Waals surface area contributed by atoms with Crippen molar-refractivity contribution in [2.45, 2.75) is 4.90 Å². The summed E-state index contributed by atoms with van der Waals surface area (Å²) in [5.41, 5.74) is -0.391. The van der Waals surface area contributed by atoms with Gasteiger partial charge in [0.25, 0.3) is 10.0 Å². The Morgan fingerprint density at radius 1 is 0.955 bits per heavy atom. The number of anilines is 1. The molecule has 0 amide bonds. The fourth-order valence-electron chi connectivity index (χ4n) is 1.67. The Kier molecular flexibility index (Phi) is 4.87. The largest absolute Gasteiger partial charge is 0.478 e. The average Bonchev–Trinajstić information content (AvgIpc) is 2.39. The van der Waals surface area contributed by atoms with Crippen LogP contribution >= 0.6 is 34.8 Å². The third-order valence-corrected chi connectivity index (χ3v) is 4.62. The smallest absolute Gasteiger partial charge is 0.337 e. The lowest BCUT2D eigenvalue weighted by Crippen LogP contribution is -2.15. The van der Waals surface area contributed by atoms with Crippen LogP contribution < -0.4 is 4.72 Å². The molecular formula is C13H8Cl3NO4S. The zero-order chi connectivity index (χ0) is 16.5. The van der Waals surface area contributed by atoms with E-state index in [1.54, 1.807) is 0 Å². The van der Waals surface area contributed by atoms with Crippen molar-refractivity contribution in [2.75, 3.05) is 4.72 Å². The quantitative estimate of drug-likeness (QED) is 0.835. The average molecular weight is 381 g/mol. The second kappa shape index (κ2) is 6.34. The number of hydrogen-bond acceptors (Lipinski definition) is 3. The SMILES string of the molecule is O=C(O)c1cc(Cl)ccc1NS(=O)(=O)c1cc(Cl)cc(Cl)c1. The van der Waals surface area contributed by atoms with Crippen LogP contribution in [0, 0.1) is 0 Å². The predicted octanol–water partition coefficient (Wildman–Crippen LogP) is 4.15. The zero-order valence-electron chi connectivity index (χ0n) is 10.7. The van der Waals surface area contributed by atoms with Gasteiger partial charge in [0.15, 0.2) is 0 Å². The molecule has 2 aromatic rings. The minimum absolute atomic E-state index is 0.118. The molecule has 2 rings (SSSR count). The van der Waals surface area contributed by atoms with Crippen molar-refractivity contribution >= 4 is 56.5 Å². The van der Waals surface area contributed by atoms with E-state index in [0.29, 0.717) is 0 Å². The van der Waals surface area contributed by atoms with Gasteiger partial charge in [-0.15, -0.1) is 0 Å². The molecule has 0 radical (unpaired) electrons. The maximum atomic E-state index is 12.3. The van der Waals surface area contributed by atoms with Gasteiger partial charge in [-0.05, 0) is 36.4 Å². The molecule has 0 aliphatic rings. The molecule has 2 N–H and O–H groups in total. The van der Waals surface area contributed by atoms with Crippen molar-refractivity contribution in [3.8, 4) is 0 Å². The van der Waals surface area contributed by atoms with E-state index < -0.39 is 16.0 Å². The van der Waals surface area contributed by atoms with E-state index in [0.717, 1.165) is 6.07 Å². The van der Waals surface area contributed by atoms with E-state index in [9.17, 15) is 13.2 Å². The van der Waals surface area contributed by atoms with Gasteiger partial charge in [-0.25, -0.2) is 13.2 Å². The molecule has 0 heterocycles. The van der Waals surface area contributed by atoms with E-state index >= 15 is 0 Å². The van der Waals surface area contributed by atoms with Crippen LogP contribution in [0.3, 0.4) is 0 Å². The van der Waals surface area contributed by atoms with Crippen LogP contribution in [0.2, 0.25) is 15.1 Å². The molecule has 0 atom stereocenters. The summed E-state index contributed by atoms with van der Waals surface area (Å²) in [5, 5.41) is 9.56. The highest BCUT2D eigenvalue weighted by atomic mass is 35.5. The maximum absolute atomic E-state index is 12.3. The second-order valence-corrected chi connectivity index (χ2v) is 7.20. The topological polar surface area (TPSA) is 83.5 Å². The molecule has 0 aliphatic carbocycles. The Morgan fingerprint density at radius 3 is 2.09 bits per heavy atom. The Balaban J connectivity index is 2.47. The van der Waals surface area contributed by atoms with Gasteiger partial charge in [0, 0.05) is 15.1 Å². The van der Waals surface area contributed by atoms with E-state index in [1.807, 2.05) is 0 Å². The number of carbonyl (C=O) groups is 1. The van der Waals surface area contributed by atoms with Crippen LogP contribution in [-0.4, -0.2) is 19.5 Å². The first-order valence-corrected chi connectivity index (χ1v) is 8.32. The molecular weight excluding hydrogens is 373 g/mol. The van der Waals surface area contributed by atoms with E-state index in [1.165, 1.54) is 30.3 Å². The van der Waals surface area contributed by atoms with Gasteiger partial charge in [0.2, 0.25) is 0 Å². The van der Waals surface area contributed by atoms with Crippen LogP contribution in [0.4, 0.5) is 5.69 Å². The molecule has 2 aromatic carbocycles. The summed E-state index contributed by atoms with van der Waals surface area (Å²) in [6, 6.07) is 7.56. The monoisotopic (exact) mass is 379 g/mol. The summed E-state index contributed by atoms with van der Waals surface area (Å²) in [4.78, 5) is 11.0. The molecule has 0 unspecified atom stereocenters. The Morgan fingerprint density at radius 2 is 1.55 bits per heavy atom. The molecule has 0 fully saturated rings. The van der Waals surface area contributed by atoms with E-state index in [-0.39, 0.29) is 31.2 Å². The molecule has 5 nitrogen and oxygen atoms in total. The van der Waals surface area contributed by atoms with Gasteiger partial charge in [-0.2, -0.15) is 0 Å². The van der Waals surface area contributed by atoms with Crippen LogP contribution in [0.1, 0.15) is 10.4 Å². The van der Waals surface area contributed by atoms with Gasteiger partial charge < -0.3 is 5.11 Å². The number of hydrogen-bond donors (Lipinski definition) is 2. The maximum Gasteiger partial charge on any atom is 0.337 e. The van der Waals surface area contributed by atoms with Crippen molar-refractivity contribution in [3.05, 3.63) is 57.0 Å². The number of carboxylic acid groups (broad SMARTS) is 1. The first-order chi connectivity index (χ1) is 10.2. The number of aromatic carboxylic acids is 1. The standard InChI is InChI=1S/C13H8Cl3NO4S/c14-7-1-2-12(11(6-7)13(18)19)17-22(20,21)10-4-8(15)3-9(16)5-10/h1-6,17H,(H,18,19). The van der Waals surface area contributed by atoms with Crippen LogP contribution in [0.25, 0.3) is 0 Å². The van der Waals surface area contributed by atoms with Gasteiger partial charge >= 0.3 is 5.97 Å². The van der Waals surface area contributed by atoms with Crippen LogP contribution in [0.5, 0.6) is 0 Å². The summed E-state index contributed by atoms with van der Waals surface area (Å²) in [5.74, 6) is -1.32. The molecule has 0 saturated heterocycles. The van der Waals surface area contributed by atoms with E-state index in [2.05, 4.69) is 4.72 Å². The number of sulfonamides is 1. The highest BCUT2D eigenvalue weighted by Crippen LogP contribution is 2.26. The molecule has 0 spiro atoms. The molecule has 0 saturated carbocycles. The fraction of sp³-hybridized carbons (Fsp3) is 0. The molecule has 22 heavy (non-hydrogen) atoms. The summed E-state index contributed by atoms with van der Waals surface area (Å²) in [6.45, 7) is 0.